The highest BCUT2D eigenvalue weighted by atomic mass is 32.1. The summed E-state index contributed by atoms with van der Waals surface area (Å²) in [5.41, 5.74) is 3.20. The molecule has 0 spiro atoms. The number of anilines is 1. The van der Waals surface area contributed by atoms with Gasteiger partial charge in [0.15, 0.2) is 0 Å². The van der Waals surface area contributed by atoms with Crippen LogP contribution < -0.4 is 5.32 Å². The van der Waals surface area contributed by atoms with E-state index in [1.54, 1.807) is 22.9 Å². The molecule has 3 aromatic rings. The molecule has 0 amide bonds. The molecule has 0 radical (unpaired) electrons. The molecule has 7 nitrogen and oxygen atoms in total. The molecule has 1 atom stereocenters. The van der Waals surface area contributed by atoms with Crippen LogP contribution >= 0.6 is 11.3 Å². The Morgan fingerprint density at radius 1 is 1.31 bits per heavy atom. The minimum Gasteiger partial charge on any atom is -0.463 e. The number of thiophene rings is 1. The molecule has 132 valence electrons. The molecule has 0 aliphatic carbocycles. The zero-order chi connectivity index (χ0) is 18.1. The van der Waals surface area contributed by atoms with Crippen molar-refractivity contribution in [2.75, 3.05) is 11.9 Å². The molecule has 1 unspecified atom stereocenters. The van der Waals surface area contributed by atoms with Crippen LogP contribution in [0.25, 0.3) is 10.4 Å². The molecule has 0 bridgehead atoms. The normalized spacial score (nSPS) is 16.2. The van der Waals surface area contributed by atoms with E-state index in [4.69, 9.17) is 4.74 Å². The number of esters is 1. The Morgan fingerprint density at radius 2 is 2.15 bits per heavy atom. The number of carbonyl (C=O) groups is 1. The SMILES string of the molecule is CCOC(=O)C1=C(C)Nc2nnnn2C1c1ccccc1-c1cccs1. The lowest BCUT2D eigenvalue weighted by Crippen LogP contribution is -2.30. The number of allylic oxidation sites excluding steroid dienone is 1. The number of ether oxygens (including phenoxy) is 1. The van der Waals surface area contributed by atoms with Gasteiger partial charge in [-0.2, -0.15) is 4.68 Å². The van der Waals surface area contributed by atoms with Crippen LogP contribution in [-0.4, -0.2) is 32.8 Å². The van der Waals surface area contributed by atoms with Gasteiger partial charge in [-0.15, -0.1) is 11.3 Å². The number of nitrogens with zero attached hydrogens (tertiary/aromatic N) is 4. The van der Waals surface area contributed by atoms with Gasteiger partial charge in [-0.25, -0.2) is 4.79 Å². The van der Waals surface area contributed by atoms with Crippen LogP contribution in [0.1, 0.15) is 25.5 Å². The molecule has 2 aromatic heterocycles. The minimum atomic E-state index is -0.460. The summed E-state index contributed by atoms with van der Waals surface area (Å²) in [5.74, 6) is 0.131. The second-order valence-electron chi connectivity index (χ2n) is 5.80. The molecule has 1 aliphatic heterocycles. The maximum atomic E-state index is 12.7. The van der Waals surface area contributed by atoms with Gasteiger partial charge in [-0.3, -0.25) is 0 Å². The lowest BCUT2D eigenvalue weighted by Gasteiger charge is -2.28. The topological polar surface area (TPSA) is 81.9 Å². The largest absolute Gasteiger partial charge is 0.463 e. The maximum Gasteiger partial charge on any atom is 0.338 e. The Bertz CT molecular complexity index is 977. The first-order chi connectivity index (χ1) is 12.7. The smallest absolute Gasteiger partial charge is 0.338 e. The predicted octanol–water partition coefficient (Wildman–Crippen LogP) is 3.25. The van der Waals surface area contributed by atoms with E-state index in [0.717, 1.165) is 16.0 Å². The summed E-state index contributed by atoms with van der Waals surface area (Å²) < 4.78 is 6.94. The monoisotopic (exact) mass is 367 g/mol. The van der Waals surface area contributed by atoms with Crippen molar-refractivity contribution in [2.45, 2.75) is 19.9 Å². The minimum absolute atomic E-state index is 0.303. The Hall–Kier alpha value is -3.00. The molecular formula is C18H17N5O2S. The predicted molar refractivity (Wildman–Crippen MR) is 98.7 cm³/mol. The van der Waals surface area contributed by atoms with E-state index in [9.17, 15) is 4.79 Å². The number of aromatic nitrogens is 4. The number of hydrogen-bond donors (Lipinski definition) is 1. The molecule has 0 saturated carbocycles. The molecule has 3 heterocycles. The van der Waals surface area contributed by atoms with Crippen molar-refractivity contribution in [2.24, 2.45) is 0 Å². The summed E-state index contributed by atoms with van der Waals surface area (Å²) in [5, 5.41) is 17.0. The average molecular weight is 367 g/mol. The van der Waals surface area contributed by atoms with Gasteiger partial charge < -0.3 is 10.1 Å². The van der Waals surface area contributed by atoms with Crippen molar-refractivity contribution in [1.29, 1.82) is 0 Å². The van der Waals surface area contributed by atoms with E-state index < -0.39 is 6.04 Å². The Balaban J connectivity index is 1.93. The number of tetrazole rings is 1. The quantitative estimate of drug-likeness (QED) is 0.713. The summed E-state index contributed by atoms with van der Waals surface area (Å²) in [4.78, 5) is 13.8. The van der Waals surface area contributed by atoms with E-state index in [1.807, 2.05) is 42.6 Å². The van der Waals surface area contributed by atoms with Gasteiger partial charge >= 0.3 is 5.97 Å². The number of fused-ring (bicyclic) bond motifs is 1. The van der Waals surface area contributed by atoms with Crippen LogP contribution in [0.5, 0.6) is 0 Å². The van der Waals surface area contributed by atoms with Crippen molar-refractivity contribution in [1.82, 2.24) is 20.2 Å². The van der Waals surface area contributed by atoms with Crippen LogP contribution in [0.3, 0.4) is 0 Å². The Kier molecular flexibility index (Phi) is 4.26. The third-order valence-corrected chi connectivity index (χ3v) is 5.15. The lowest BCUT2D eigenvalue weighted by molar-refractivity contribution is -0.139. The van der Waals surface area contributed by atoms with Crippen molar-refractivity contribution in [3.63, 3.8) is 0 Å². The molecule has 4 rings (SSSR count). The van der Waals surface area contributed by atoms with Crippen LogP contribution in [0, 0.1) is 0 Å². The van der Waals surface area contributed by atoms with Crippen molar-refractivity contribution < 1.29 is 9.53 Å². The van der Waals surface area contributed by atoms with Gasteiger partial charge in [0.25, 0.3) is 0 Å². The molecular weight excluding hydrogens is 350 g/mol. The van der Waals surface area contributed by atoms with Crippen molar-refractivity contribution in [3.05, 3.63) is 58.6 Å². The molecule has 1 aromatic carbocycles. The zero-order valence-electron chi connectivity index (χ0n) is 14.3. The third kappa shape index (κ3) is 2.68. The van der Waals surface area contributed by atoms with Gasteiger partial charge in [0.1, 0.15) is 6.04 Å². The Labute approximate surface area is 154 Å². The number of carbonyl (C=O) groups excluding carboxylic acids is 1. The van der Waals surface area contributed by atoms with Gasteiger partial charge in [0.05, 0.1) is 12.2 Å². The van der Waals surface area contributed by atoms with E-state index in [-0.39, 0.29) is 5.97 Å². The van der Waals surface area contributed by atoms with Gasteiger partial charge in [-0.1, -0.05) is 35.4 Å². The summed E-state index contributed by atoms with van der Waals surface area (Å²) in [6, 6.07) is 11.6. The van der Waals surface area contributed by atoms with Gasteiger partial charge in [-0.05, 0) is 46.8 Å². The molecule has 26 heavy (non-hydrogen) atoms. The number of benzene rings is 1. The molecule has 0 saturated heterocycles. The molecule has 0 fully saturated rings. The summed E-state index contributed by atoms with van der Waals surface area (Å²) in [7, 11) is 0. The zero-order valence-corrected chi connectivity index (χ0v) is 15.2. The number of rotatable bonds is 4. The highest BCUT2D eigenvalue weighted by Crippen LogP contribution is 2.40. The van der Waals surface area contributed by atoms with E-state index in [2.05, 4.69) is 26.9 Å². The number of hydrogen-bond acceptors (Lipinski definition) is 7. The highest BCUT2D eigenvalue weighted by molar-refractivity contribution is 7.13. The first-order valence-corrected chi connectivity index (χ1v) is 9.14. The Morgan fingerprint density at radius 3 is 2.92 bits per heavy atom. The lowest BCUT2D eigenvalue weighted by atomic mass is 9.91. The van der Waals surface area contributed by atoms with Crippen LogP contribution in [0.4, 0.5) is 5.95 Å². The number of nitrogens with one attached hydrogen (secondary N) is 1. The van der Waals surface area contributed by atoms with E-state index in [0.29, 0.717) is 23.8 Å². The second-order valence-corrected chi connectivity index (χ2v) is 6.75. The first-order valence-electron chi connectivity index (χ1n) is 8.26. The second kappa shape index (κ2) is 6.72. The molecule has 1 aliphatic rings. The van der Waals surface area contributed by atoms with Crippen LogP contribution in [-0.2, 0) is 9.53 Å². The van der Waals surface area contributed by atoms with Crippen LogP contribution in [0.15, 0.2) is 53.0 Å². The molecule has 1 N–H and O–H groups in total. The summed E-state index contributed by atoms with van der Waals surface area (Å²) in [6.45, 7) is 3.93. The van der Waals surface area contributed by atoms with Crippen molar-refractivity contribution >= 4 is 23.3 Å². The molecule has 8 heteroatoms. The fourth-order valence-electron chi connectivity index (χ4n) is 3.16. The first kappa shape index (κ1) is 16.5. The van der Waals surface area contributed by atoms with Crippen molar-refractivity contribution in [3.8, 4) is 10.4 Å². The standard InChI is InChI=1S/C18H17N5O2S/c1-3-25-17(24)15-11(2)19-18-20-21-22-23(18)16(15)13-8-5-4-7-12(13)14-9-6-10-26-14/h4-10,16H,3H2,1-2H3,(H,19,20,22). The fraction of sp³-hybridized carbons (Fsp3) is 0.222. The van der Waals surface area contributed by atoms with Gasteiger partial charge in [0.2, 0.25) is 5.95 Å². The van der Waals surface area contributed by atoms with E-state index in [1.165, 1.54) is 0 Å². The third-order valence-electron chi connectivity index (χ3n) is 4.25. The van der Waals surface area contributed by atoms with Gasteiger partial charge in [0, 0.05) is 10.6 Å². The fourth-order valence-corrected chi connectivity index (χ4v) is 3.94. The van der Waals surface area contributed by atoms with Crippen LogP contribution in [0.2, 0.25) is 0 Å². The maximum absolute atomic E-state index is 12.7. The summed E-state index contributed by atoms with van der Waals surface area (Å²) >= 11 is 1.65. The highest BCUT2D eigenvalue weighted by Gasteiger charge is 2.36. The average Bonchev–Trinajstić information content (AvgIpc) is 3.32. The van der Waals surface area contributed by atoms with E-state index >= 15 is 0 Å². The summed E-state index contributed by atoms with van der Waals surface area (Å²) in [6.07, 6.45) is 0.